The van der Waals surface area contributed by atoms with Gasteiger partial charge in [0, 0.05) is 0 Å². The van der Waals surface area contributed by atoms with Crippen molar-refractivity contribution in [3.63, 3.8) is 0 Å². The summed E-state index contributed by atoms with van der Waals surface area (Å²) in [5, 5.41) is 8.76. The van der Waals surface area contributed by atoms with Crippen molar-refractivity contribution < 1.29 is 9.84 Å². The summed E-state index contributed by atoms with van der Waals surface area (Å²) in [6.45, 7) is 10.2. The van der Waals surface area contributed by atoms with Gasteiger partial charge in [-0.25, -0.2) is 0 Å². The fourth-order valence-corrected chi connectivity index (χ4v) is 2.06. The second-order valence-electron chi connectivity index (χ2n) is 5.14. The normalized spacial score (nSPS) is 30.1. The van der Waals surface area contributed by atoms with Crippen LogP contribution in [0, 0.1) is 0 Å². The Morgan fingerprint density at radius 1 is 1.53 bits per heavy atom. The molecule has 1 N–H and O–H groups in total. The Balaban J connectivity index is 2.49. The third-order valence-corrected chi connectivity index (χ3v) is 3.21. The molecule has 2 unspecified atom stereocenters. The van der Waals surface area contributed by atoms with Gasteiger partial charge < -0.3 is 9.84 Å². The van der Waals surface area contributed by atoms with Gasteiger partial charge in [-0.1, -0.05) is 36.0 Å². The summed E-state index contributed by atoms with van der Waals surface area (Å²) in [6.07, 6.45) is 9.29. The Bertz CT molecular complexity index is 328. The lowest BCUT2D eigenvalue weighted by atomic mass is 10.00. The molecule has 2 heteroatoms. The molecular weight excluding hydrogens is 212 g/mol. The second-order valence-corrected chi connectivity index (χ2v) is 5.14. The standard InChI is InChI=1S/C15H24O2/c1-12(2)14-7-10-15(4,17-14)9-5-6-13(3)8-11-16/h5,8-9,14,16H,1,6-7,10-11H2,2-4H3/b9-5+,13-8+. The molecule has 0 aromatic heterocycles. The Morgan fingerprint density at radius 3 is 2.76 bits per heavy atom. The monoisotopic (exact) mass is 236 g/mol. The van der Waals surface area contributed by atoms with Gasteiger partial charge in [0.15, 0.2) is 0 Å². The molecule has 1 aliphatic rings. The van der Waals surface area contributed by atoms with Crippen LogP contribution in [0.25, 0.3) is 0 Å². The first-order valence-electron chi connectivity index (χ1n) is 6.24. The molecule has 0 aromatic rings. The number of allylic oxidation sites excluding steroid dienone is 2. The maximum atomic E-state index is 8.76. The Hall–Kier alpha value is -0.860. The summed E-state index contributed by atoms with van der Waals surface area (Å²) in [5.74, 6) is 0. The summed E-state index contributed by atoms with van der Waals surface area (Å²) in [6, 6.07) is 0. The molecule has 2 atom stereocenters. The Kier molecular flexibility index (Phi) is 5.16. The molecule has 0 bridgehead atoms. The molecule has 1 saturated heterocycles. The van der Waals surface area contributed by atoms with Crippen LogP contribution >= 0.6 is 0 Å². The minimum Gasteiger partial charge on any atom is -0.392 e. The van der Waals surface area contributed by atoms with Gasteiger partial charge in [-0.2, -0.15) is 0 Å². The third kappa shape index (κ3) is 4.49. The molecule has 0 saturated carbocycles. The largest absolute Gasteiger partial charge is 0.392 e. The van der Waals surface area contributed by atoms with Crippen molar-refractivity contribution in [3.8, 4) is 0 Å². The van der Waals surface area contributed by atoms with Gasteiger partial charge in [0.1, 0.15) is 0 Å². The van der Waals surface area contributed by atoms with Crippen molar-refractivity contribution >= 4 is 0 Å². The zero-order chi connectivity index (χ0) is 12.9. The average molecular weight is 236 g/mol. The predicted molar refractivity (Wildman–Crippen MR) is 71.9 cm³/mol. The van der Waals surface area contributed by atoms with Crippen molar-refractivity contribution in [1.82, 2.24) is 0 Å². The zero-order valence-electron chi connectivity index (χ0n) is 11.2. The van der Waals surface area contributed by atoms with E-state index in [4.69, 9.17) is 9.84 Å². The first kappa shape index (κ1) is 14.2. The van der Waals surface area contributed by atoms with E-state index >= 15 is 0 Å². The highest BCUT2D eigenvalue weighted by molar-refractivity contribution is 5.12. The summed E-state index contributed by atoms with van der Waals surface area (Å²) >= 11 is 0. The fraction of sp³-hybridized carbons (Fsp3) is 0.600. The van der Waals surface area contributed by atoms with Crippen LogP contribution < -0.4 is 0 Å². The van der Waals surface area contributed by atoms with Crippen molar-refractivity contribution in [1.29, 1.82) is 0 Å². The second kappa shape index (κ2) is 6.18. The Morgan fingerprint density at radius 2 is 2.24 bits per heavy atom. The minimum absolute atomic E-state index is 0.116. The average Bonchev–Trinajstić information content (AvgIpc) is 2.62. The summed E-state index contributed by atoms with van der Waals surface area (Å²) in [4.78, 5) is 0. The number of hydrogen-bond donors (Lipinski definition) is 1. The van der Waals surface area contributed by atoms with E-state index in [0.717, 1.165) is 24.8 Å². The number of hydrogen-bond acceptors (Lipinski definition) is 2. The van der Waals surface area contributed by atoms with Gasteiger partial charge in [0.05, 0.1) is 18.3 Å². The van der Waals surface area contributed by atoms with Crippen molar-refractivity contribution in [2.24, 2.45) is 0 Å². The van der Waals surface area contributed by atoms with E-state index in [1.54, 1.807) is 0 Å². The molecule has 0 radical (unpaired) electrons. The number of rotatable bonds is 5. The number of aliphatic hydroxyl groups is 1. The van der Waals surface area contributed by atoms with Crippen LogP contribution in [0.4, 0.5) is 0 Å². The highest BCUT2D eigenvalue weighted by atomic mass is 16.5. The van der Waals surface area contributed by atoms with Crippen LogP contribution in [-0.2, 0) is 4.74 Å². The van der Waals surface area contributed by atoms with E-state index in [-0.39, 0.29) is 18.3 Å². The molecule has 1 aliphatic heterocycles. The lowest BCUT2D eigenvalue weighted by molar-refractivity contribution is 0.0220. The van der Waals surface area contributed by atoms with Gasteiger partial charge in [-0.05, 0) is 40.0 Å². The van der Waals surface area contributed by atoms with Crippen LogP contribution in [0.2, 0.25) is 0 Å². The van der Waals surface area contributed by atoms with E-state index in [1.165, 1.54) is 5.57 Å². The lowest BCUT2D eigenvalue weighted by Crippen LogP contribution is -2.22. The van der Waals surface area contributed by atoms with Crippen LogP contribution in [0.3, 0.4) is 0 Å². The number of aliphatic hydroxyl groups excluding tert-OH is 1. The van der Waals surface area contributed by atoms with Crippen LogP contribution in [0.15, 0.2) is 36.0 Å². The van der Waals surface area contributed by atoms with Crippen molar-refractivity contribution in [2.75, 3.05) is 6.61 Å². The van der Waals surface area contributed by atoms with E-state index in [0.29, 0.717) is 0 Å². The molecule has 96 valence electrons. The highest BCUT2D eigenvalue weighted by Gasteiger charge is 2.33. The van der Waals surface area contributed by atoms with Gasteiger partial charge in [0.25, 0.3) is 0 Å². The third-order valence-electron chi connectivity index (χ3n) is 3.21. The molecule has 0 spiro atoms. The Labute approximate surface area is 105 Å². The number of ether oxygens (including phenoxy) is 1. The van der Waals surface area contributed by atoms with Crippen molar-refractivity contribution in [2.45, 2.75) is 51.7 Å². The molecule has 0 amide bonds. The molecule has 0 aliphatic carbocycles. The summed E-state index contributed by atoms with van der Waals surface area (Å²) < 4.78 is 6.00. The molecule has 1 heterocycles. The molecule has 17 heavy (non-hydrogen) atoms. The smallest absolute Gasteiger partial charge is 0.0843 e. The van der Waals surface area contributed by atoms with E-state index in [9.17, 15) is 0 Å². The first-order chi connectivity index (χ1) is 7.97. The zero-order valence-corrected chi connectivity index (χ0v) is 11.2. The van der Waals surface area contributed by atoms with Crippen molar-refractivity contribution in [3.05, 3.63) is 36.0 Å². The molecule has 1 rings (SSSR count). The molecule has 0 aromatic carbocycles. The van der Waals surface area contributed by atoms with Gasteiger partial charge in [0.2, 0.25) is 0 Å². The summed E-state index contributed by atoms with van der Waals surface area (Å²) in [5.41, 5.74) is 2.14. The molecule has 2 nitrogen and oxygen atoms in total. The highest BCUT2D eigenvalue weighted by Crippen LogP contribution is 2.34. The van der Waals surface area contributed by atoms with Gasteiger partial charge >= 0.3 is 0 Å². The van der Waals surface area contributed by atoms with Crippen LogP contribution in [0.5, 0.6) is 0 Å². The lowest BCUT2D eigenvalue weighted by Gasteiger charge is -2.21. The van der Waals surface area contributed by atoms with Crippen LogP contribution in [-0.4, -0.2) is 23.4 Å². The van der Waals surface area contributed by atoms with Gasteiger partial charge in [-0.3, -0.25) is 0 Å². The van der Waals surface area contributed by atoms with E-state index < -0.39 is 0 Å². The maximum absolute atomic E-state index is 8.76. The van der Waals surface area contributed by atoms with Gasteiger partial charge in [-0.15, -0.1) is 0 Å². The first-order valence-corrected chi connectivity index (χ1v) is 6.24. The summed E-state index contributed by atoms with van der Waals surface area (Å²) in [7, 11) is 0. The molecule has 1 fully saturated rings. The molecular formula is C15H24O2. The predicted octanol–water partition coefficient (Wildman–Crippen LogP) is 3.39. The van der Waals surface area contributed by atoms with E-state index in [1.807, 2.05) is 19.9 Å². The quantitative estimate of drug-likeness (QED) is 0.741. The maximum Gasteiger partial charge on any atom is 0.0843 e. The SMILES string of the molecule is C=C(C)C1CCC(C)(/C=C/C/C(C)=C/CO)O1. The topological polar surface area (TPSA) is 29.5 Å². The van der Waals surface area contributed by atoms with Crippen LogP contribution in [0.1, 0.15) is 40.0 Å². The minimum atomic E-state index is -0.150. The van der Waals surface area contributed by atoms with E-state index in [2.05, 4.69) is 25.7 Å². The fourth-order valence-electron chi connectivity index (χ4n) is 2.06.